The molecular weight excluding hydrogens is 407 g/mol. The van der Waals surface area contributed by atoms with Crippen molar-refractivity contribution in [2.24, 2.45) is 0 Å². The molecule has 2 aromatic heterocycles. The van der Waals surface area contributed by atoms with Crippen molar-refractivity contribution < 1.29 is 13.9 Å². The summed E-state index contributed by atoms with van der Waals surface area (Å²) in [6.45, 7) is 0.349. The number of hydrogen-bond acceptors (Lipinski definition) is 5. The van der Waals surface area contributed by atoms with Gasteiger partial charge in [0, 0.05) is 15.8 Å². The first-order valence-corrected chi connectivity index (χ1v) is 10.7. The van der Waals surface area contributed by atoms with E-state index in [4.69, 9.17) is 4.74 Å². The van der Waals surface area contributed by atoms with Crippen molar-refractivity contribution in [2.75, 3.05) is 0 Å². The summed E-state index contributed by atoms with van der Waals surface area (Å²) in [5, 5.41) is 6.92. The summed E-state index contributed by atoms with van der Waals surface area (Å²) >= 11 is 3.05. The second-order valence-corrected chi connectivity index (χ2v) is 7.97. The number of aromatic nitrogens is 1. The maximum absolute atomic E-state index is 13.3. The Morgan fingerprint density at radius 3 is 2.72 bits per heavy atom. The second kappa shape index (κ2) is 8.98. The van der Waals surface area contributed by atoms with Gasteiger partial charge in [0.2, 0.25) is 0 Å². The molecule has 0 aliphatic carbocycles. The number of benzene rings is 2. The van der Waals surface area contributed by atoms with Crippen LogP contribution in [0.5, 0.6) is 5.75 Å². The number of hydrogen-bond donors (Lipinski definition) is 1. The number of thiazole rings is 1. The van der Waals surface area contributed by atoms with Crippen LogP contribution in [0.25, 0.3) is 0 Å². The van der Waals surface area contributed by atoms with E-state index in [0.717, 1.165) is 16.1 Å². The molecule has 2 aromatic carbocycles. The molecule has 1 amide bonds. The molecule has 0 saturated heterocycles. The SMILES string of the molecule is O=C(NC(c1ccc(F)cc1)c1cccs1)c1cccc(OCc2cscn2)c1. The summed E-state index contributed by atoms with van der Waals surface area (Å²) in [5.74, 6) is 0.0573. The van der Waals surface area contributed by atoms with Crippen molar-refractivity contribution in [3.8, 4) is 5.75 Å². The number of nitrogens with zero attached hydrogens (tertiary/aromatic N) is 1. The van der Waals surface area contributed by atoms with E-state index in [2.05, 4.69) is 10.3 Å². The highest BCUT2D eigenvalue weighted by atomic mass is 32.1. The van der Waals surface area contributed by atoms with E-state index >= 15 is 0 Å². The Morgan fingerprint density at radius 2 is 2.00 bits per heavy atom. The van der Waals surface area contributed by atoms with E-state index in [1.807, 2.05) is 22.9 Å². The van der Waals surface area contributed by atoms with Crippen molar-refractivity contribution in [1.29, 1.82) is 0 Å². The first kappa shape index (κ1) is 19.3. The molecule has 0 spiro atoms. The van der Waals surface area contributed by atoms with Crippen LogP contribution in [0.3, 0.4) is 0 Å². The molecule has 0 bridgehead atoms. The summed E-state index contributed by atoms with van der Waals surface area (Å²) in [6, 6.07) is 16.7. The number of amides is 1. The minimum atomic E-state index is -0.359. The van der Waals surface area contributed by atoms with Gasteiger partial charge < -0.3 is 10.1 Å². The van der Waals surface area contributed by atoms with Crippen LogP contribution in [-0.4, -0.2) is 10.9 Å². The predicted octanol–water partition coefficient (Wildman–Crippen LogP) is 5.44. The number of ether oxygens (including phenoxy) is 1. The van der Waals surface area contributed by atoms with E-state index in [1.165, 1.54) is 34.8 Å². The lowest BCUT2D eigenvalue weighted by molar-refractivity contribution is 0.0943. The third-order valence-corrected chi connectivity index (χ3v) is 5.85. The number of thiophene rings is 1. The minimum Gasteiger partial charge on any atom is -0.487 e. The van der Waals surface area contributed by atoms with Crippen molar-refractivity contribution >= 4 is 28.6 Å². The first-order valence-electron chi connectivity index (χ1n) is 8.89. The van der Waals surface area contributed by atoms with Gasteiger partial charge in [-0.15, -0.1) is 22.7 Å². The normalized spacial score (nSPS) is 11.8. The number of carbonyl (C=O) groups excluding carboxylic acids is 1. The highest BCUT2D eigenvalue weighted by Gasteiger charge is 2.19. The molecule has 0 aliphatic rings. The average molecular weight is 425 g/mol. The molecule has 0 fully saturated rings. The van der Waals surface area contributed by atoms with Gasteiger partial charge in [-0.2, -0.15) is 0 Å². The van der Waals surface area contributed by atoms with Crippen LogP contribution in [0.4, 0.5) is 4.39 Å². The maximum Gasteiger partial charge on any atom is 0.252 e. The van der Waals surface area contributed by atoms with Crippen molar-refractivity contribution in [3.63, 3.8) is 0 Å². The Morgan fingerprint density at radius 1 is 1.14 bits per heavy atom. The smallest absolute Gasteiger partial charge is 0.252 e. The van der Waals surface area contributed by atoms with Gasteiger partial charge in [0.25, 0.3) is 5.91 Å². The van der Waals surface area contributed by atoms with Gasteiger partial charge in [-0.05, 0) is 47.3 Å². The van der Waals surface area contributed by atoms with E-state index in [9.17, 15) is 9.18 Å². The van der Waals surface area contributed by atoms with E-state index < -0.39 is 0 Å². The molecule has 0 radical (unpaired) electrons. The average Bonchev–Trinajstić information content (AvgIpc) is 3.45. The summed E-state index contributed by atoms with van der Waals surface area (Å²) in [4.78, 5) is 18.1. The van der Waals surface area contributed by atoms with Gasteiger partial charge in [-0.25, -0.2) is 9.37 Å². The second-order valence-electron chi connectivity index (χ2n) is 6.27. The minimum absolute atomic E-state index is 0.230. The van der Waals surface area contributed by atoms with Gasteiger partial charge in [0.1, 0.15) is 18.2 Å². The Balaban J connectivity index is 1.51. The molecule has 0 saturated carbocycles. The molecule has 146 valence electrons. The van der Waals surface area contributed by atoms with Gasteiger partial charge >= 0.3 is 0 Å². The monoisotopic (exact) mass is 424 g/mol. The zero-order valence-electron chi connectivity index (χ0n) is 15.2. The predicted molar refractivity (Wildman–Crippen MR) is 113 cm³/mol. The zero-order chi connectivity index (χ0) is 20.1. The standard InChI is InChI=1S/C22H17FN2O2S2/c23-17-8-6-15(7-9-17)21(20-5-2-10-29-20)25-22(26)16-3-1-4-19(11-16)27-12-18-13-28-14-24-18/h1-11,13-14,21H,12H2,(H,25,26). The van der Waals surface area contributed by atoms with Gasteiger partial charge in [-0.1, -0.05) is 24.3 Å². The highest BCUT2D eigenvalue weighted by molar-refractivity contribution is 7.10. The van der Waals surface area contributed by atoms with Crippen LogP contribution in [0.1, 0.15) is 32.5 Å². The molecular formula is C22H17FN2O2S2. The van der Waals surface area contributed by atoms with Gasteiger partial charge in [-0.3, -0.25) is 4.79 Å². The van der Waals surface area contributed by atoms with E-state index in [1.54, 1.807) is 41.9 Å². The fourth-order valence-electron chi connectivity index (χ4n) is 2.84. The van der Waals surface area contributed by atoms with Gasteiger partial charge in [0.15, 0.2) is 0 Å². The fraction of sp³-hybridized carbons (Fsp3) is 0.0909. The Kier molecular flexibility index (Phi) is 5.97. The van der Waals surface area contributed by atoms with Crippen LogP contribution in [0.2, 0.25) is 0 Å². The molecule has 1 unspecified atom stereocenters. The number of halogens is 1. The van der Waals surface area contributed by atoms with Crippen LogP contribution in [-0.2, 0) is 6.61 Å². The van der Waals surface area contributed by atoms with Crippen LogP contribution >= 0.6 is 22.7 Å². The summed E-state index contributed by atoms with van der Waals surface area (Å²) in [6.07, 6.45) is 0. The van der Waals surface area contributed by atoms with Crippen LogP contribution < -0.4 is 10.1 Å². The first-order chi connectivity index (χ1) is 14.2. The zero-order valence-corrected chi connectivity index (χ0v) is 16.9. The highest BCUT2D eigenvalue weighted by Crippen LogP contribution is 2.27. The molecule has 2 heterocycles. The molecule has 1 N–H and O–H groups in total. The third kappa shape index (κ3) is 4.88. The number of carbonyl (C=O) groups is 1. The molecule has 4 rings (SSSR count). The molecule has 4 aromatic rings. The lowest BCUT2D eigenvalue weighted by Gasteiger charge is -2.18. The Hall–Kier alpha value is -3.03. The third-order valence-electron chi connectivity index (χ3n) is 4.27. The largest absolute Gasteiger partial charge is 0.487 e. The Labute approximate surface area is 175 Å². The quantitative estimate of drug-likeness (QED) is 0.430. The van der Waals surface area contributed by atoms with Crippen molar-refractivity contribution in [1.82, 2.24) is 10.3 Å². The number of nitrogens with one attached hydrogen (secondary N) is 1. The molecule has 4 nitrogen and oxygen atoms in total. The van der Waals surface area contributed by atoms with Gasteiger partial charge in [0.05, 0.1) is 17.2 Å². The van der Waals surface area contributed by atoms with E-state index in [0.29, 0.717) is 17.9 Å². The summed E-state index contributed by atoms with van der Waals surface area (Å²) in [7, 11) is 0. The topological polar surface area (TPSA) is 51.2 Å². The fourth-order valence-corrected chi connectivity index (χ4v) is 4.18. The van der Waals surface area contributed by atoms with Crippen LogP contribution in [0, 0.1) is 5.82 Å². The molecule has 0 aliphatic heterocycles. The summed E-state index contributed by atoms with van der Waals surface area (Å²) in [5.41, 5.74) is 3.91. The van der Waals surface area contributed by atoms with Crippen molar-refractivity contribution in [2.45, 2.75) is 12.6 Å². The maximum atomic E-state index is 13.3. The lowest BCUT2D eigenvalue weighted by Crippen LogP contribution is -2.28. The Bertz CT molecular complexity index is 1060. The molecule has 7 heteroatoms. The molecule has 29 heavy (non-hydrogen) atoms. The van der Waals surface area contributed by atoms with Crippen LogP contribution in [0.15, 0.2) is 76.9 Å². The van der Waals surface area contributed by atoms with E-state index in [-0.39, 0.29) is 17.8 Å². The lowest BCUT2D eigenvalue weighted by atomic mass is 10.0. The van der Waals surface area contributed by atoms with Crippen molar-refractivity contribution in [3.05, 3.63) is 104 Å². The number of rotatable bonds is 7. The molecule has 1 atom stereocenters. The summed E-state index contributed by atoms with van der Waals surface area (Å²) < 4.78 is 19.1.